The van der Waals surface area contributed by atoms with Crippen LogP contribution in [0.15, 0.2) is 0 Å². The zero-order valence-corrected chi connectivity index (χ0v) is 9.18. The van der Waals surface area contributed by atoms with Gasteiger partial charge >= 0.3 is 0 Å². The van der Waals surface area contributed by atoms with E-state index < -0.39 is 0 Å². The molecule has 2 unspecified atom stereocenters. The zero-order valence-electron chi connectivity index (χ0n) is 8.36. The Kier molecular flexibility index (Phi) is 2.98. The van der Waals surface area contributed by atoms with Gasteiger partial charge in [0.2, 0.25) is 5.13 Å². The molecule has 0 bridgehead atoms. The number of rotatable bonds is 3. The molecule has 1 aromatic rings. The fourth-order valence-electron chi connectivity index (χ4n) is 1.90. The average molecular weight is 212 g/mol. The molecule has 2 rings (SSSR count). The summed E-state index contributed by atoms with van der Waals surface area (Å²) < 4.78 is 0. The summed E-state index contributed by atoms with van der Waals surface area (Å²) in [4.78, 5) is 0. The zero-order chi connectivity index (χ0) is 9.97. The summed E-state index contributed by atoms with van der Waals surface area (Å²) in [5.41, 5.74) is 5.85. The maximum Gasteiger partial charge on any atom is 0.205 e. The van der Waals surface area contributed by atoms with Crippen molar-refractivity contribution in [1.29, 1.82) is 0 Å². The molecule has 2 atom stereocenters. The number of hydrogen-bond donors (Lipinski definition) is 2. The Bertz CT molecular complexity index is 299. The van der Waals surface area contributed by atoms with Gasteiger partial charge in [0.15, 0.2) is 0 Å². The summed E-state index contributed by atoms with van der Waals surface area (Å²) in [7, 11) is 0. The summed E-state index contributed by atoms with van der Waals surface area (Å²) in [5.74, 6) is 0.717. The van der Waals surface area contributed by atoms with Crippen molar-refractivity contribution in [3.05, 3.63) is 5.01 Å². The third-order valence-corrected chi connectivity index (χ3v) is 3.45. The second kappa shape index (κ2) is 4.23. The molecule has 0 radical (unpaired) electrons. The Morgan fingerprint density at radius 1 is 1.50 bits per heavy atom. The van der Waals surface area contributed by atoms with Crippen LogP contribution in [0.3, 0.4) is 0 Å². The summed E-state index contributed by atoms with van der Waals surface area (Å²) in [6.07, 6.45) is 3.55. The lowest BCUT2D eigenvalue weighted by molar-refractivity contribution is 0.565. The molecular formula is C9H16N4S. The number of aryl methyl sites for hydroxylation is 1. The number of nitrogens with zero attached hydrogens (tertiary/aromatic N) is 2. The van der Waals surface area contributed by atoms with E-state index in [0.29, 0.717) is 12.0 Å². The normalized spacial score (nSPS) is 26.7. The van der Waals surface area contributed by atoms with E-state index in [2.05, 4.69) is 15.5 Å². The lowest BCUT2D eigenvalue weighted by Gasteiger charge is -2.08. The van der Waals surface area contributed by atoms with E-state index in [4.69, 9.17) is 5.73 Å². The molecule has 1 aromatic heterocycles. The van der Waals surface area contributed by atoms with Crippen molar-refractivity contribution in [2.24, 2.45) is 11.7 Å². The standard InChI is InChI=1S/C9H16N4S/c1-6-12-13-9(14-6)11-5-7-2-3-8(10)4-7/h7-8H,2-5,10H2,1H3,(H,11,13). The van der Waals surface area contributed by atoms with Crippen molar-refractivity contribution < 1.29 is 0 Å². The van der Waals surface area contributed by atoms with Crippen LogP contribution >= 0.6 is 11.3 Å². The lowest BCUT2D eigenvalue weighted by Crippen LogP contribution is -2.17. The maximum absolute atomic E-state index is 5.85. The predicted octanol–water partition coefficient (Wildman–Crippen LogP) is 1.39. The molecule has 0 amide bonds. The number of anilines is 1. The Morgan fingerprint density at radius 3 is 2.93 bits per heavy atom. The van der Waals surface area contributed by atoms with Crippen LogP contribution in [-0.2, 0) is 0 Å². The molecule has 1 aliphatic carbocycles. The largest absolute Gasteiger partial charge is 0.360 e. The molecule has 0 aromatic carbocycles. The van der Waals surface area contributed by atoms with Crippen molar-refractivity contribution in [2.45, 2.75) is 32.2 Å². The minimum Gasteiger partial charge on any atom is -0.360 e. The third kappa shape index (κ3) is 2.42. The second-order valence-electron chi connectivity index (χ2n) is 3.95. The highest BCUT2D eigenvalue weighted by atomic mass is 32.1. The number of nitrogens with one attached hydrogen (secondary N) is 1. The van der Waals surface area contributed by atoms with Crippen LogP contribution in [-0.4, -0.2) is 22.8 Å². The molecule has 1 heterocycles. The molecule has 14 heavy (non-hydrogen) atoms. The molecule has 4 nitrogen and oxygen atoms in total. The Hall–Kier alpha value is -0.680. The van der Waals surface area contributed by atoms with Crippen LogP contribution in [0.4, 0.5) is 5.13 Å². The minimum absolute atomic E-state index is 0.415. The molecule has 5 heteroatoms. The highest BCUT2D eigenvalue weighted by Gasteiger charge is 2.21. The molecule has 78 valence electrons. The first kappa shape index (κ1) is 9.86. The Labute approximate surface area is 87.9 Å². The monoisotopic (exact) mass is 212 g/mol. The fourth-order valence-corrected chi connectivity index (χ4v) is 2.50. The molecule has 1 fully saturated rings. The van der Waals surface area contributed by atoms with Gasteiger partial charge in [0.05, 0.1) is 0 Å². The van der Waals surface area contributed by atoms with Crippen LogP contribution < -0.4 is 11.1 Å². The first-order valence-electron chi connectivity index (χ1n) is 5.03. The van der Waals surface area contributed by atoms with Gasteiger partial charge in [-0.2, -0.15) is 0 Å². The first-order chi connectivity index (χ1) is 6.74. The van der Waals surface area contributed by atoms with E-state index in [9.17, 15) is 0 Å². The van der Waals surface area contributed by atoms with Crippen LogP contribution in [0.1, 0.15) is 24.3 Å². The fraction of sp³-hybridized carbons (Fsp3) is 0.778. The van der Waals surface area contributed by atoms with E-state index in [1.54, 1.807) is 11.3 Å². The SMILES string of the molecule is Cc1nnc(NCC2CCC(N)C2)s1. The van der Waals surface area contributed by atoms with Crippen molar-refractivity contribution in [1.82, 2.24) is 10.2 Å². The average Bonchev–Trinajstić information content (AvgIpc) is 2.72. The van der Waals surface area contributed by atoms with Gasteiger partial charge in [-0.05, 0) is 32.1 Å². The maximum atomic E-state index is 5.85. The molecule has 0 spiro atoms. The van der Waals surface area contributed by atoms with Gasteiger partial charge in [0, 0.05) is 12.6 Å². The predicted molar refractivity (Wildman–Crippen MR) is 58.5 cm³/mol. The molecule has 1 aliphatic rings. The summed E-state index contributed by atoms with van der Waals surface area (Å²) >= 11 is 1.61. The van der Waals surface area contributed by atoms with Crippen molar-refractivity contribution in [2.75, 3.05) is 11.9 Å². The van der Waals surface area contributed by atoms with Crippen LogP contribution in [0.2, 0.25) is 0 Å². The summed E-state index contributed by atoms with van der Waals surface area (Å²) in [6.45, 7) is 2.96. The summed E-state index contributed by atoms with van der Waals surface area (Å²) in [6, 6.07) is 0.415. The van der Waals surface area contributed by atoms with E-state index >= 15 is 0 Å². The first-order valence-corrected chi connectivity index (χ1v) is 5.85. The molecule has 0 aliphatic heterocycles. The van der Waals surface area contributed by atoms with Crippen molar-refractivity contribution >= 4 is 16.5 Å². The minimum atomic E-state index is 0.415. The van der Waals surface area contributed by atoms with E-state index in [1.165, 1.54) is 12.8 Å². The van der Waals surface area contributed by atoms with Gasteiger partial charge in [-0.1, -0.05) is 11.3 Å². The van der Waals surface area contributed by atoms with E-state index in [1.807, 2.05) is 6.92 Å². The molecule has 0 saturated heterocycles. The quantitative estimate of drug-likeness (QED) is 0.794. The van der Waals surface area contributed by atoms with Gasteiger partial charge in [-0.25, -0.2) is 0 Å². The van der Waals surface area contributed by atoms with Gasteiger partial charge in [0.1, 0.15) is 5.01 Å². The number of nitrogens with two attached hydrogens (primary N) is 1. The van der Waals surface area contributed by atoms with Gasteiger partial charge < -0.3 is 11.1 Å². The van der Waals surface area contributed by atoms with Gasteiger partial charge in [-0.15, -0.1) is 10.2 Å². The van der Waals surface area contributed by atoms with Crippen LogP contribution in [0.5, 0.6) is 0 Å². The van der Waals surface area contributed by atoms with Gasteiger partial charge in [-0.3, -0.25) is 0 Å². The van der Waals surface area contributed by atoms with Crippen LogP contribution in [0.25, 0.3) is 0 Å². The van der Waals surface area contributed by atoms with E-state index in [-0.39, 0.29) is 0 Å². The number of hydrogen-bond acceptors (Lipinski definition) is 5. The lowest BCUT2D eigenvalue weighted by atomic mass is 10.1. The van der Waals surface area contributed by atoms with E-state index in [0.717, 1.165) is 23.1 Å². The smallest absolute Gasteiger partial charge is 0.205 e. The van der Waals surface area contributed by atoms with Crippen molar-refractivity contribution in [3.63, 3.8) is 0 Å². The Morgan fingerprint density at radius 2 is 2.36 bits per heavy atom. The molecule has 3 N–H and O–H groups in total. The third-order valence-electron chi connectivity index (χ3n) is 2.65. The topological polar surface area (TPSA) is 63.8 Å². The van der Waals surface area contributed by atoms with Crippen LogP contribution in [0, 0.1) is 12.8 Å². The Balaban J connectivity index is 1.77. The highest BCUT2D eigenvalue weighted by molar-refractivity contribution is 7.15. The highest BCUT2D eigenvalue weighted by Crippen LogP contribution is 2.24. The molecule has 1 saturated carbocycles. The second-order valence-corrected chi connectivity index (χ2v) is 5.13. The summed E-state index contributed by atoms with van der Waals surface area (Å²) in [5, 5.41) is 13.2. The van der Waals surface area contributed by atoms with Gasteiger partial charge in [0.25, 0.3) is 0 Å². The van der Waals surface area contributed by atoms with Crippen molar-refractivity contribution in [3.8, 4) is 0 Å². The molecular weight excluding hydrogens is 196 g/mol. The number of aromatic nitrogens is 2.